The molecule has 2 aromatic rings. The van der Waals surface area contributed by atoms with Gasteiger partial charge in [-0.3, -0.25) is 9.36 Å². The Morgan fingerprint density at radius 1 is 1.42 bits per heavy atom. The number of thioether (sulfide) groups is 1. The molecule has 11 heteroatoms. The monoisotopic (exact) mass is 354 g/mol. The predicted molar refractivity (Wildman–Crippen MR) is 87.1 cm³/mol. The second kappa shape index (κ2) is 6.89. The molecule has 3 rings (SSSR count). The van der Waals surface area contributed by atoms with Gasteiger partial charge in [-0.15, -0.1) is 11.8 Å². The molecule has 5 N–H and O–H groups in total. The second-order valence-corrected chi connectivity index (χ2v) is 6.35. The van der Waals surface area contributed by atoms with Crippen molar-refractivity contribution in [2.45, 2.75) is 24.5 Å². The van der Waals surface area contributed by atoms with Gasteiger partial charge in [0.05, 0.1) is 18.2 Å². The van der Waals surface area contributed by atoms with Crippen LogP contribution in [0.15, 0.2) is 12.7 Å². The highest BCUT2D eigenvalue weighted by atomic mass is 32.2. The van der Waals surface area contributed by atoms with Gasteiger partial charge < -0.3 is 26.0 Å². The minimum atomic E-state index is -1.15. The van der Waals surface area contributed by atoms with E-state index in [2.05, 4.69) is 20.3 Å². The van der Waals surface area contributed by atoms with Crippen LogP contribution >= 0.6 is 11.8 Å². The fraction of sp³-hybridized carbons (Fsp3) is 0.538. The van der Waals surface area contributed by atoms with Gasteiger partial charge in [0.15, 0.2) is 17.7 Å². The number of amides is 1. The Hall–Kier alpha value is -1.95. The molecule has 10 nitrogen and oxygen atoms in total. The van der Waals surface area contributed by atoms with E-state index < -0.39 is 24.5 Å². The highest BCUT2D eigenvalue weighted by Crippen LogP contribution is 2.33. The number of nitrogens with one attached hydrogen (secondary N) is 1. The van der Waals surface area contributed by atoms with Crippen LogP contribution in [0.3, 0.4) is 0 Å². The average molecular weight is 354 g/mol. The van der Waals surface area contributed by atoms with Gasteiger partial charge in [-0.05, 0) is 0 Å². The Morgan fingerprint density at radius 3 is 2.96 bits per heavy atom. The van der Waals surface area contributed by atoms with Crippen molar-refractivity contribution >= 4 is 34.7 Å². The van der Waals surface area contributed by atoms with Crippen molar-refractivity contribution in [2.75, 3.05) is 24.3 Å². The van der Waals surface area contributed by atoms with E-state index in [1.807, 2.05) is 0 Å². The Bertz CT molecular complexity index is 740. The molecule has 0 aliphatic carbocycles. The summed E-state index contributed by atoms with van der Waals surface area (Å²) in [6.07, 6.45) is -0.949. The summed E-state index contributed by atoms with van der Waals surface area (Å²) in [5.74, 6) is 0.731. The molecule has 1 amide bonds. The smallest absolute Gasteiger partial charge is 0.229 e. The summed E-state index contributed by atoms with van der Waals surface area (Å²) in [5.41, 5.74) is 6.56. The highest BCUT2D eigenvalue weighted by molar-refractivity contribution is 7.99. The Balaban J connectivity index is 1.74. The van der Waals surface area contributed by atoms with Crippen LogP contribution in [-0.2, 0) is 9.53 Å². The molecule has 2 aromatic heterocycles. The van der Waals surface area contributed by atoms with Crippen molar-refractivity contribution in [3.63, 3.8) is 0 Å². The van der Waals surface area contributed by atoms with Crippen LogP contribution in [0.4, 0.5) is 5.82 Å². The molecule has 1 aliphatic rings. The summed E-state index contributed by atoms with van der Waals surface area (Å²) in [4.78, 5) is 23.3. The van der Waals surface area contributed by atoms with Crippen LogP contribution in [0.5, 0.6) is 0 Å². The zero-order chi connectivity index (χ0) is 17.3. The van der Waals surface area contributed by atoms with Gasteiger partial charge in [0.25, 0.3) is 0 Å². The maximum absolute atomic E-state index is 11.2. The number of aromatic nitrogens is 4. The molecule has 0 aromatic carbocycles. The number of hydrogen-bond acceptors (Lipinski definition) is 9. The fourth-order valence-corrected chi connectivity index (χ4v) is 3.45. The summed E-state index contributed by atoms with van der Waals surface area (Å²) in [5, 5.41) is 23.0. The van der Waals surface area contributed by atoms with Crippen molar-refractivity contribution in [1.29, 1.82) is 0 Å². The van der Waals surface area contributed by atoms with Gasteiger partial charge in [0.1, 0.15) is 24.1 Å². The van der Waals surface area contributed by atoms with Gasteiger partial charge in [-0.25, -0.2) is 15.0 Å². The topological polar surface area (TPSA) is 148 Å². The number of hydrogen-bond donors (Lipinski definition) is 4. The Kier molecular flexibility index (Phi) is 4.85. The first-order chi connectivity index (χ1) is 11.5. The lowest BCUT2D eigenvalue weighted by molar-refractivity contribution is -0.118. The van der Waals surface area contributed by atoms with Crippen LogP contribution in [0, 0.1) is 0 Å². The normalized spacial score (nSPS) is 26.8. The number of fused-ring (bicyclic) bond motifs is 1. The molecule has 1 saturated heterocycles. The third kappa shape index (κ3) is 3.02. The van der Waals surface area contributed by atoms with E-state index >= 15 is 0 Å². The molecular formula is C13H18N6O4S. The number of nitrogen functional groups attached to an aromatic ring is 1. The summed E-state index contributed by atoms with van der Waals surface area (Å²) in [6, 6.07) is 0. The van der Waals surface area contributed by atoms with Crippen LogP contribution in [0.1, 0.15) is 6.23 Å². The minimum Gasteiger partial charge on any atom is -0.387 e. The molecule has 130 valence electrons. The number of carbonyl (C=O) groups excluding carboxylic acids is 1. The molecule has 24 heavy (non-hydrogen) atoms. The third-order valence-electron chi connectivity index (χ3n) is 3.79. The minimum absolute atomic E-state index is 0.114. The molecule has 1 fully saturated rings. The summed E-state index contributed by atoms with van der Waals surface area (Å²) < 4.78 is 7.28. The molecule has 3 heterocycles. The van der Waals surface area contributed by atoms with Crippen molar-refractivity contribution in [3.05, 3.63) is 12.7 Å². The van der Waals surface area contributed by atoms with Gasteiger partial charge in [0.2, 0.25) is 5.91 Å². The highest BCUT2D eigenvalue weighted by Gasteiger charge is 2.44. The Morgan fingerprint density at radius 2 is 2.21 bits per heavy atom. The number of nitrogens with zero attached hydrogens (tertiary/aromatic N) is 4. The van der Waals surface area contributed by atoms with E-state index in [0.717, 1.165) is 0 Å². The number of aliphatic hydroxyl groups is 2. The van der Waals surface area contributed by atoms with E-state index in [1.54, 1.807) is 7.05 Å². The molecule has 1 aliphatic heterocycles. The number of anilines is 1. The lowest BCUT2D eigenvalue weighted by atomic mass is 10.1. The standard InChI is InChI=1S/C13H18N6O4S/c1-15-7(20)3-24-2-6-9(21)10(22)13(23-6)19-5-18-8-11(14)16-4-17-12(8)19/h4-6,9-10,13,21-22H,2-3H2,1H3,(H,15,20)(H2,14,16,17)/t6-,9-,10-,13-/m1/s1. The number of ether oxygens (including phenoxy) is 1. The second-order valence-electron chi connectivity index (χ2n) is 5.32. The van der Waals surface area contributed by atoms with Crippen molar-refractivity contribution in [1.82, 2.24) is 24.8 Å². The number of rotatable bonds is 5. The zero-order valence-electron chi connectivity index (χ0n) is 12.9. The SMILES string of the molecule is CNC(=O)CSC[C@H]1O[C@@H](n2cnc3c(N)ncnc32)[C@H](O)[C@@H]1O. The summed E-state index contributed by atoms with van der Waals surface area (Å²) in [6.45, 7) is 0. The van der Waals surface area contributed by atoms with Crippen molar-refractivity contribution < 1.29 is 19.7 Å². The van der Waals surface area contributed by atoms with E-state index in [9.17, 15) is 15.0 Å². The Labute approximate surface area is 141 Å². The molecule has 0 saturated carbocycles. The van der Waals surface area contributed by atoms with Gasteiger partial charge in [0, 0.05) is 12.8 Å². The van der Waals surface area contributed by atoms with Crippen LogP contribution in [0.25, 0.3) is 11.2 Å². The van der Waals surface area contributed by atoms with Crippen molar-refractivity contribution in [2.24, 2.45) is 0 Å². The maximum atomic E-state index is 11.2. The number of imidazole rings is 1. The molecular weight excluding hydrogens is 336 g/mol. The van der Waals surface area contributed by atoms with Crippen LogP contribution in [-0.4, -0.2) is 72.5 Å². The average Bonchev–Trinajstić information content (AvgIpc) is 3.12. The van der Waals surface area contributed by atoms with Gasteiger partial charge in [-0.2, -0.15) is 0 Å². The first kappa shape index (κ1) is 16.9. The predicted octanol–water partition coefficient (Wildman–Crippen LogP) is -1.49. The third-order valence-corrected chi connectivity index (χ3v) is 4.82. The van der Waals surface area contributed by atoms with Crippen LogP contribution < -0.4 is 11.1 Å². The number of nitrogens with two attached hydrogens (primary N) is 1. The lowest BCUT2D eigenvalue weighted by Gasteiger charge is -2.16. The molecule has 0 bridgehead atoms. The fourth-order valence-electron chi connectivity index (χ4n) is 2.49. The molecule has 4 atom stereocenters. The molecule has 0 unspecified atom stereocenters. The van der Waals surface area contributed by atoms with Crippen molar-refractivity contribution in [3.8, 4) is 0 Å². The quantitative estimate of drug-likeness (QED) is 0.503. The zero-order valence-corrected chi connectivity index (χ0v) is 13.7. The summed E-state index contributed by atoms with van der Waals surface area (Å²) in [7, 11) is 1.56. The first-order valence-electron chi connectivity index (χ1n) is 7.26. The van der Waals surface area contributed by atoms with E-state index in [0.29, 0.717) is 16.9 Å². The van der Waals surface area contributed by atoms with Gasteiger partial charge >= 0.3 is 0 Å². The van der Waals surface area contributed by atoms with E-state index in [-0.39, 0.29) is 17.5 Å². The summed E-state index contributed by atoms with van der Waals surface area (Å²) >= 11 is 1.32. The molecule has 0 spiro atoms. The first-order valence-corrected chi connectivity index (χ1v) is 8.41. The maximum Gasteiger partial charge on any atom is 0.229 e. The lowest BCUT2D eigenvalue weighted by Crippen LogP contribution is -2.33. The van der Waals surface area contributed by atoms with Crippen LogP contribution in [0.2, 0.25) is 0 Å². The molecule has 0 radical (unpaired) electrons. The number of carbonyl (C=O) groups is 1. The van der Waals surface area contributed by atoms with E-state index in [4.69, 9.17) is 10.5 Å². The van der Waals surface area contributed by atoms with Gasteiger partial charge in [-0.1, -0.05) is 0 Å². The number of aliphatic hydroxyl groups excluding tert-OH is 2. The largest absolute Gasteiger partial charge is 0.387 e. The van der Waals surface area contributed by atoms with E-state index in [1.165, 1.54) is 29.0 Å².